The lowest BCUT2D eigenvalue weighted by Crippen LogP contribution is -2.17. The molecule has 84 valence electrons. The molecule has 1 saturated heterocycles. The van der Waals surface area contributed by atoms with Crippen LogP contribution in [0.1, 0.15) is 25.5 Å². The highest BCUT2D eigenvalue weighted by Gasteiger charge is 2.18. The third kappa shape index (κ3) is 1.80. The summed E-state index contributed by atoms with van der Waals surface area (Å²) >= 11 is 2.11. The van der Waals surface area contributed by atoms with Crippen molar-refractivity contribution in [2.45, 2.75) is 25.5 Å². The number of aromatic nitrogens is 4. The number of fused-ring (bicyclic) bond motifs is 1. The van der Waals surface area contributed by atoms with Crippen molar-refractivity contribution in [3.63, 3.8) is 0 Å². The van der Waals surface area contributed by atoms with Crippen molar-refractivity contribution in [3.05, 3.63) is 16.4 Å². The van der Waals surface area contributed by atoms with Gasteiger partial charge in [0.25, 0.3) is 0 Å². The van der Waals surface area contributed by atoms with Crippen LogP contribution in [0, 0.1) is 3.83 Å². The highest BCUT2D eigenvalue weighted by Crippen LogP contribution is 2.25. The first kappa shape index (κ1) is 10.4. The smallest absolute Gasteiger partial charge is 0.192 e. The van der Waals surface area contributed by atoms with E-state index in [1.54, 1.807) is 12.5 Å². The highest BCUT2D eigenvalue weighted by molar-refractivity contribution is 14.1. The third-order valence-electron chi connectivity index (χ3n) is 2.75. The maximum absolute atomic E-state index is 5.73. The zero-order valence-corrected chi connectivity index (χ0v) is 10.8. The van der Waals surface area contributed by atoms with Crippen molar-refractivity contribution < 1.29 is 4.74 Å². The standard InChI is InChI=1S/C10H11IN4O/c11-10-12-5-7-9(14-10)15(6-13-7)8-3-1-2-4-16-8/h5-6,8H,1-4H2. The molecule has 3 rings (SSSR count). The fourth-order valence-corrected chi connectivity index (χ4v) is 2.33. The zero-order chi connectivity index (χ0) is 11.0. The van der Waals surface area contributed by atoms with Gasteiger partial charge in [-0.3, -0.25) is 4.57 Å². The second-order valence-corrected chi connectivity index (χ2v) is 4.79. The minimum Gasteiger partial charge on any atom is -0.358 e. The van der Waals surface area contributed by atoms with E-state index in [1.165, 1.54) is 6.42 Å². The number of hydrogen-bond donors (Lipinski definition) is 0. The third-order valence-corrected chi connectivity index (χ3v) is 3.27. The fourth-order valence-electron chi connectivity index (χ4n) is 1.96. The molecule has 0 aromatic carbocycles. The highest BCUT2D eigenvalue weighted by atomic mass is 127. The van der Waals surface area contributed by atoms with Gasteiger partial charge in [0.15, 0.2) is 9.48 Å². The van der Waals surface area contributed by atoms with Crippen LogP contribution in [0.15, 0.2) is 12.5 Å². The van der Waals surface area contributed by atoms with Crippen LogP contribution in [0.3, 0.4) is 0 Å². The van der Waals surface area contributed by atoms with Crippen LogP contribution in [0.4, 0.5) is 0 Å². The van der Waals surface area contributed by atoms with Crippen LogP contribution in [0.5, 0.6) is 0 Å². The first-order valence-corrected chi connectivity index (χ1v) is 6.39. The van der Waals surface area contributed by atoms with Crippen molar-refractivity contribution >= 4 is 33.8 Å². The largest absolute Gasteiger partial charge is 0.358 e. The van der Waals surface area contributed by atoms with E-state index in [1.807, 2.05) is 4.57 Å². The summed E-state index contributed by atoms with van der Waals surface area (Å²) < 4.78 is 8.48. The van der Waals surface area contributed by atoms with Gasteiger partial charge >= 0.3 is 0 Å². The van der Waals surface area contributed by atoms with Crippen LogP contribution in [-0.4, -0.2) is 26.1 Å². The SMILES string of the molecule is Ic1ncc2ncn(C3CCCCO3)c2n1. The Morgan fingerprint density at radius 3 is 3.12 bits per heavy atom. The van der Waals surface area contributed by atoms with Gasteiger partial charge in [-0.15, -0.1) is 0 Å². The summed E-state index contributed by atoms with van der Waals surface area (Å²) in [5.41, 5.74) is 1.70. The fraction of sp³-hybridized carbons (Fsp3) is 0.500. The number of nitrogens with zero attached hydrogens (tertiary/aromatic N) is 4. The minimum atomic E-state index is 0.0875. The lowest BCUT2D eigenvalue weighted by atomic mass is 10.2. The van der Waals surface area contributed by atoms with E-state index in [9.17, 15) is 0 Å². The van der Waals surface area contributed by atoms with E-state index in [4.69, 9.17) is 4.74 Å². The Labute approximate surface area is 106 Å². The first-order chi connectivity index (χ1) is 7.84. The summed E-state index contributed by atoms with van der Waals surface area (Å²) in [5, 5.41) is 0. The average Bonchev–Trinajstić information content (AvgIpc) is 2.73. The molecule has 0 aliphatic carbocycles. The van der Waals surface area contributed by atoms with Gasteiger partial charge in [0.05, 0.1) is 12.5 Å². The van der Waals surface area contributed by atoms with Crippen molar-refractivity contribution in [3.8, 4) is 0 Å². The summed E-state index contributed by atoms with van der Waals surface area (Å²) in [5.74, 6) is 0. The quantitative estimate of drug-likeness (QED) is 0.594. The summed E-state index contributed by atoms with van der Waals surface area (Å²) in [4.78, 5) is 12.8. The molecule has 2 aromatic heterocycles. The van der Waals surface area contributed by atoms with E-state index in [2.05, 4.69) is 37.5 Å². The Morgan fingerprint density at radius 2 is 2.31 bits per heavy atom. The second kappa shape index (κ2) is 4.25. The number of hydrogen-bond acceptors (Lipinski definition) is 4. The molecule has 1 atom stereocenters. The summed E-state index contributed by atoms with van der Waals surface area (Å²) in [6, 6.07) is 0. The van der Waals surface area contributed by atoms with E-state index in [0.717, 1.165) is 34.4 Å². The Bertz CT molecular complexity index is 506. The van der Waals surface area contributed by atoms with Crippen LogP contribution in [0.25, 0.3) is 11.2 Å². The van der Waals surface area contributed by atoms with Crippen LogP contribution in [-0.2, 0) is 4.74 Å². The maximum Gasteiger partial charge on any atom is 0.192 e. The molecule has 0 N–H and O–H groups in total. The lowest BCUT2D eigenvalue weighted by Gasteiger charge is -2.23. The first-order valence-electron chi connectivity index (χ1n) is 5.31. The molecule has 0 bridgehead atoms. The van der Waals surface area contributed by atoms with Crippen molar-refractivity contribution in [2.24, 2.45) is 0 Å². The molecule has 1 unspecified atom stereocenters. The molecule has 0 saturated carbocycles. The molecule has 1 fully saturated rings. The molecule has 2 aromatic rings. The molecule has 0 amide bonds. The molecule has 1 aliphatic rings. The van der Waals surface area contributed by atoms with Gasteiger partial charge in [-0.05, 0) is 19.3 Å². The number of ether oxygens (including phenoxy) is 1. The van der Waals surface area contributed by atoms with Gasteiger partial charge in [-0.25, -0.2) is 15.0 Å². The van der Waals surface area contributed by atoms with Gasteiger partial charge < -0.3 is 4.74 Å². The molecule has 3 heterocycles. The van der Waals surface area contributed by atoms with Gasteiger partial charge in [-0.1, -0.05) is 0 Å². The molecular weight excluding hydrogens is 319 g/mol. The lowest BCUT2D eigenvalue weighted by molar-refractivity contribution is -0.0298. The van der Waals surface area contributed by atoms with Gasteiger partial charge in [0, 0.05) is 29.2 Å². The van der Waals surface area contributed by atoms with E-state index < -0.39 is 0 Å². The predicted octanol–water partition coefficient (Wildman–Crippen LogP) is 2.13. The van der Waals surface area contributed by atoms with Gasteiger partial charge in [0.1, 0.15) is 11.7 Å². The van der Waals surface area contributed by atoms with Gasteiger partial charge in [-0.2, -0.15) is 0 Å². The van der Waals surface area contributed by atoms with Crippen LogP contribution in [0.2, 0.25) is 0 Å². The van der Waals surface area contributed by atoms with Gasteiger partial charge in [0.2, 0.25) is 0 Å². The van der Waals surface area contributed by atoms with E-state index >= 15 is 0 Å². The molecule has 16 heavy (non-hydrogen) atoms. The summed E-state index contributed by atoms with van der Waals surface area (Å²) in [6.07, 6.45) is 7.02. The Hall–Kier alpha value is -0.760. The molecular formula is C10H11IN4O. The van der Waals surface area contributed by atoms with E-state index in [0.29, 0.717) is 0 Å². The number of imidazole rings is 1. The van der Waals surface area contributed by atoms with Crippen LogP contribution < -0.4 is 0 Å². The predicted molar refractivity (Wildman–Crippen MR) is 66.9 cm³/mol. The Balaban J connectivity index is 2.05. The molecule has 0 radical (unpaired) electrons. The second-order valence-electron chi connectivity index (χ2n) is 3.82. The monoisotopic (exact) mass is 330 g/mol. The number of halogens is 1. The normalized spacial score (nSPS) is 21.4. The topological polar surface area (TPSA) is 52.8 Å². The Kier molecular flexibility index (Phi) is 2.76. The molecule has 0 spiro atoms. The van der Waals surface area contributed by atoms with Crippen LogP contribution >= 0.6 is 22.6 Å². The minimum absolute atomic E-state index is 0.0875. The zero-order valence-electron chi connectivity index (χ0n) is 8.64. The van der Waals surface area contributed by atoms with Crippen molar-refractivity contribution in [2.75, 3.05) is 6.61 Å². The Morgan fingerprint density at radius 1 is 1.38 bits per heavy atom. The van der Waals surface area contributed by atoms with E-state index in [-0.39, 0.29) is 6.23 Å². The maximum atomic E-state index is 5.73. The molecule has 6 heteroatoms. The van der Waals surface area contributed by atoms with Crippen molar-refractivity contribution in [1.29, 1.82) is 0 Å². The summed E-state index contributed by atoms with van der Waals surface area (Å²) in [7, 11) is 0. The number of rotatable bonds is 1. The molecule has 5 nitrogen and oxygen atoms in total. The van der Waals surface area contributed by atoms with Crippen molar-refractivity contribution in [1.82, 2.24) is 19.5 Å². The summed E-state index contributed by atoms with van der Waals surface area (Å²) in [6.45, 7) is 0.826. The molecule has 1 aliphatic heterocycles. The average molecular weight is 330 g/mol.